The Bertz CT molecular complexity index is 766. The number of rotatable bonds is 4. The molecule has 0 atom stereocenters. The highest BCUT2D eigenvalue weighted by atomic mass is 16.6. The van der Waals surface area contributed by atoms with Crippen LogP contribution in [0.25, 0.3) is 10.9 Å². The molecule has 0 amide bonds. The molecule has 0 bridgehead atoms. The average molecular weight is 291 g/mol. The summed E-state index contributed by atoms with van der Waals surface area (Å²) in [5.74, 6) is -0.571. The first-order valence-electron chi connectivity index (χ1n) is 6.21. The first-order valence-corrected chi connectivity index (χ1v) is 6.21. The lowest BCUT2D eigenvalue weighted by atomic mass is 10.2. The zero-order chi connectivity index (χ0) is 15.6. The Morgan fingerprint density at radius 3 is 2.81 bits per heavy atom. The topological polar surface area (TPSA) is 104 Å². The maximum atomic E-state index is 12.2. The van der Waals surface area contributed by atoms with E-state index in [2.05, 4.69) is 4.98 Å². The summed E-state index contributed by atoms with van der Waals surface area (Å²) in [6.45, 7) is 3.11. The van der Waals surface area contributed by atoms with Gasteiger partial charge in [-0.05, 0) is 19.9 Å². The fourth-order valence-electron chi connectivity index (χ4n) is 1.81. The molecule has 0 aliphatic carbocycles. The number of nitro groups is 1. The maximum Gasteiger partial charge on any atom is 0.326 e. The lowest BCUT2D eigenvalue weighted by Gasteiger charge is -2.09. The van der Waals surface area contributed by atoms with Crippen molar-refractivity contribution >= 4 is 22.6 Å². The minimum atomic E-state index is -0.594. The highest BCUT2D eigenvalue weighted by Gasteiger charge is 2.13. The molecule has 0 saturated heterocycles. The highest BCUT2D eigenvalue weighted by Crippen LogP contribution is 2.16. The molecule has 0 unspecified atom stereocenters. The zero-order valence-electron chi connectivity index (χ0n) is 11.5. The molecule has 1 heterocycles. The fraction of sp³-hybridized carbons (Fsp3) is 0.308. The van der Waals surface area contributed by atoms with Crippen LogP contribution in [0.15, 0.2) is 29.3 Å². The monoisotopic (exact) mass is 291 g/mol. The van der Waals surface area contributed by atoms with Crippen LogP contribution in [-0.4, -0.2) is 26.5 Å². The summed E-state index contributed by atoms with van der Waals surface area (Å²) >= 11 is 0. The third kappa shape index (κ3) is 3.22. The molecule has 0 fully saturated rings. The van der Waals surface area contributed by atoms with E-state index in [9.17, 15) is 19.7 Å². The van der Waals surface area contributed by atoms with Crippen molar-refractivity contribution in [1.82, 2.24) is 9.55 Å². The lowest BCUT2D eigenvalue weighted by molar-refractivity contribution is -0.384. The van der Waals surface area contributed by atoms with Gasteiger partial charge in [-0.15, -0.1) is 0 Å². The van der Waals surface area contributed by atoms with Gasteiger partial charge in [0, 0.05) is 12.1 Å². The second-order valence-electron chi connectivity index (χ2n) is 4.67. The number of hydrogen-bond acceptors (Lipinski definition) is 6. The zero-order valence-corrected chi connectivity index (χ0v) is 11.5. The van der Waals surface area contributed by atoms with E-state index in [0.29, 0.717) is 5.52 Å². The summed E-state index contributed by atoms with van der Waals surface area (Å²) in [7, 11) is 0. The summed E-state index contributed by atoms with van der Waals surface area (Å²) in [6, 6.07) is 3.81. The van der Waals surface area contributed by atoms with Crippen molar-refractivity contribution in [2.45, 2.75) is 26.5 Å². The number of carbonyl (C=O) groups is 1. The van der Waals surface area contributed by atoms with Gasteiger partial charge >= 0.3 is 5.97 Å². The predicted molar refractivity (Wildman–Crippen MR) is 73.9 cm³/mol. The van der Waals surface area contributed by atoms with Gasteiger partial charge < -0.3 is 4.74 Å². The van der Waals surface area contributed by atoms with E-state index in [1.807, 2.05) is 0 Å². The number of hydrogen-bond donors (Lipinski definition) is 0. The Hall–Kier alpha value is -2.77. The molecule has 0 radical (unpaired) electrons. The Morgan fingerprint density at radius 2 is 2.19 bits per heavy atom. The molecule has 2 aromatic rings. The summed E-state index contributed by atoms with van der Waals surface area (Å²) in [5, 5.41) is 10.8. The molecule has 0 N–H and O–H groups in total. The van der Waals surface area contributed by atoms with Crippen LogP contribution in [0.2, 0.25) is 0 Å². The number of nitro benzene ring substituents is 1. The van der Waals surface area contributed by atoms with E-state index in [1.165, 1.54) is 18.5 Å². The van der Waals surface area contributed by atoms with Gasteiger partial charge in [-0.3, -0.25) is 24.3 Å². The average Bonchev–Trinajstić information content (AvgIpc) is 2.40. The van der Waals surface area contributed by atoms with Crippen LogP contribution in [0.3, 0.4) is 0 Å². The minimum absolute atomic E-state index is 0.0871. The van der Waals surface area contributed by atoms with Crippen molar-refractivity contribution in [2.24, 2.45) is 0 Å². The first-order chi connectivity index (χ1) is 9.88. The number of aromatic nitrogens is 2. The number of carbonyl (C=O) groups excluding carboxylic acids is 1. The van der Waals surface area contributed by atoms with Crippen LogP contribution in [0.4, 0.5) is 5.69 Å². The fourth-order valence-corrected chi connectivity index (χ4v) is 1.81. The number of ether oxygens (including phenoxy) is 1. The second kappa shape index (κ2) is 5.70. The Kier molecular flexibility index (Phi) is 3.97. The normalized spacial score (nSPS) is 10.8. The second-order valence-corrected chi connectivity index (χ2v) is 4.67. The third-order valence-corrected chi connectivity index (χ3v) is 2.69. The number of fused-ring (bicyclic) bond motifs is 1. The maximum absolute atomic E-state index is 12.2. The lowest BCUT2D eigenvalue weighted by Crippen LogP contribution is -2.26. The number of esters is 1. The third-order valence-electron chi connectivity index (χ3n) is 2.69. The Balaban J connectivity index is 2.43. The number of non-ortho nitro benzene ring substituents is 1. The van der Waals surface area contributed by atoms with E-state index >= 15 is 0 Å². The molecule has 0 spiro atoms. The van der Waals surface area contributed by atoms with E-state index in [4.69, 9.17) is 4.74 Å². The largest absolute Gasteiger partial charge is 0.462 e. The van der Waals surface area contributed by atoms with Gasteiger partial charge in [-0.1, -0.05) is 0 Å². The molecule has 0 aliphatic rings. The van der Waals surface area contributed by atoms with Crippen molar-refractivity contribution in [3.05, 3.63) is 45.0 Å². The van der Waals surface area contributed by atoms with Gasteiger partial charge in [0.25, 0.3) is 11.2 Å². The van der Waals surface area contributed by atoms with Crippen molar-refractivity contribution in [3.63, 3.8) is 0 Å². The first kappa shape index (κ1) is 14.6. The van der Waals surface area contributed by atoms with Gasteiger partial charge in [-0.25, -0.2) is 4.98 Å². The van der Waals surface area contributed by atoms with Gasteiger partial charge in [0.15, 0.2) is 0 Å². The molecule has 1 aromatic carbocycles. The quantitative estimate of drug-likeness (QED) is 0.477. The molecule has 0 aliphatic heterocycles. The van der Waals surface area contributed by atoms with Crippen LogP contribution >= 0.6 is 0 Å². The SMILES string of the molecule is CC(C)OC(=O)Cn1cnc2ccc([N+](=O)[O-])cc2c1=O. The summed E-state index contributed by atoms with van der Waals surface area (Å²) in [6.07, 6.45) is 0.931. The molecule has 2 rings (SSSR count). The predicted octanol–water partition coefficient (Wildman–Crippen LogP) is 1.26. The van der Waals surface area contributed by atoms with Crippen molar-refractivity contribution in [1.29, 1.82) is 0 Å². The highest BCUT2D eigenvalue weighted by molar-refractivity contribution is 5.80. The smallest absolute Gasteiger partial charge is 0.326 e. The molecular weight excluding hydrogens is 278 g/mol. The van der Waals surface area contributed by atoms with Gasteiger partial charge in [-0.2, -0.15) is 0 Å². The van der Waals surface area contributed by atoms with Gasteiger partial charge in [0.2, 0.25) is 0 Å². The van der Waals surface area contributed by atoms with Crippen molar-refractivity contribution < 1.29 is 14.5 Å². The van der Waals surface area contributed by atoms with Crippen LogP contribution in [0, 0.1) is 10.1 Å². The number of benzene rings is 1. The molecule has 8 heteroatoms. The molecule has 110 valence electrons. The Labute approximate surface area is 119 Å². The van der Waals surface area contributed by atoms with Crippen molar-refractivity contribution in [2.75, 3.05) is 0 Å². The van der Waals surface area contributed by atoms with Gasteiger partial charge in [0.05, 0.1) is 28.3 Å². The Morgan fingerprint density at radius 1 is 1.48 bits per heavy atom. The minimum Gasteiger partial charge on any atom is -0.462 e. The van der Waals surface area contributed by atoms with E-state index in [1.54, 1.807) is 13.8 Å². The molecule has 21 heavy (non-hydrogen) atoms. The molecule has 0 saturated carbocycles. The van der Waals surface area contributed by atoms with Crippen LogP contribution < -0.4 is 5.56 Å². The summed E-state index contributed by atoms with van der Waals surface area (Å²) in [5.41, 5.74) is -0.396. The molecular formula is C13H13N3O5. The summed E-state index contributed by atoms with van der Waals surface area (Å²) < 4.78 is 6.01. The summed E-state index contributed by atoms with van der Waals surface area (Å²) in [4.78, 5) is 37.9. The standard InChI is InChI=1S/C13H13N3O5/c1-8(2)21-12(17)6-15-7-14-11-4-3-9(16(19)20)5-10(11)13(15)18/h3-5,7-8H,6H2,1-2H3. The van der Waals surface area contributed by atoms with E-state index in [0.717, 1.165) is 10.6 Å². The van der Waals surface area contributed by atoms with Crippen LogP contribution in [0.5, 0.6) is 0 Å². The van der Waals surface area contributed by atoms with E-state index in [-0.39, 0.29) is 23.7 Å². The number of nitrogens with zero attached hydrogens (tertiary/aromatic N) is 3. The van der Waals surface area contributed by atoms with Crippen molar-refractivity contribution in [3.8, 4) is 0 Å². The molecule has 8 nitrogen and oxygen atoms in total. The molecule has 1 aromatic heterocycles. The van der Waals surface area contributed by atoms with Crippen LogP contribution in [-0.2, 0) is 16.1 Å². The van der Waals surface area contributed by atoms with Crippen LogP contribution in [0.1, 0.15) is 13.8 Å². The van der Waals surface area contributed by atoms with E-state index < -0.39 is 16.5 Å². The van der Waals surface area contributed by atoms with Gasteiger partial charge in [0.1, 0.15) is 6.54 Å².